The third-order valence-electron chi connectivity index (χ3n) is 11.1. The van der Waals surface area contributed by atoms with Crippen LogP contribution in [0.1, 0.15) is 137 Å². The largest absolute Gasteiger partial charge is 2.00 e. The van der Waals surface area contributed by atoms with E-state index in [9.17, 15) is 24.3 Å². The van der Waals surface area contributed by atoms with E-state index in [4.69, 9.17) is 24.7 Å². The molecule has 0 saturated heterocycles. The van der Waals surface area contributed by atoms with Gasteiger partial charge in [-0.3, -0.25) is 29.1 Å². The molecule has 304 valence electrons. The van der Waals surface area contributed by atoms with E-state index < -0.39 is 5.97 Å². The molecule has 5 heterocycles. The number of esters is 1. The molecule has 0 unspecified atom stereocenters. The Balaban J connectivity index is 0.00000696. The van der Waals surface area contributed by atoms with Crippen LogP contribution in [-0.2, 0) is 41.2 Å². The van der Waals surface area contributed by atoms with Crippen molar-refractivity contribution >= 4 is 45.6 Å². The normalized spacial score (nSPS) is 17.7. The van der Waals surface area contributed by atoms with Gasteiger partial charge in [0.2, 0.25) is 11.8 Å². The van der Waals surface area contributed by atoms with E-state index in [2.05, 4.69) is 24.5 Å². The molecule has 0 aliphatic carbocycles. The van der Waals surface area contributed by atoms with Gasteiger partial charge in [0.1, 0.15) is 0 Å². The van der Waals surface area contributed by atoms with Crippen molar-refractivity contribution in [2.75, 3.05) is 47.4 Å². The number of likely N-dealkylation sites (N-methyl/N-ethyl adjacent to an activating group) is 1. The van der Waals surface area contributed by atoms with Gasteiger partial charge in [-0.1, -0.05) is 50.1 Å². The van der Waals surface area contributed by atoms with Crippen LogP contribution >= 0.6 is 0 Å². The number of aromatic nitrogens is 4. The second-order valence-electron chi connectivity index (χ2n) is 15.1. The summed E-state index contributed by atoms with van der Waals surface area (Å²) in [5.41, 5.74) is 7.58. The first-order valence-corrected chi connectivity index (χ1v) is 19.2. The molecule has 3 aromatic rings. The van der Waals surface area contributed by atoms with Gasteiger partial charge in [-0.2, -0.15) is 0 Å². The number of carbonyl (C=O) groups excluding carboxylic acids is 4. The van der Waals surface area contributed by atoms with Crippen molar-refractivity contribution in [1.29, 1.82) is 0 Å². The molecule has 3 N–H and O–H groups in total. The number of amides is 2. The topological polar surface area (TPSA) is 179 Å². The molecule has 2 aliphatic heterocycles. The van der Waals surface area contributed by atoms with Gasteiger partial charge in [-0.15, -0.1) is 22.1 Å². The predicted octanol–water partition coefficient (Wildman–Crippen LogP) is 4.86. The second-order valence-corrected chi connectivity index (χ2v) is 15.1. The summed E-state index contributed by atoms with van der Waals surface area (Å²) in [7, 11) is 5.18. The predicted molar refractivity (Wildman–Crippen MR) is 212 cm³/mol. The Morgan fingerprint density at radius 2 is 1.50 bits per heavy atom. The van der Waals surface area contributed by atoms with Crippen molar-refractivity contribution < 1.29 is 49.4 Å². The zero-order valence-electron chi connectivity index (χ0n) is 33.9. The zero-order chi connectivity index (χ0) is 40.1. The molecule has 2 aliphatic rings. The van der Waals surface area contributed by atoms with E-state index in [1.54, 1.807) is 6.92 Å². The minimum atomic E-state index is -0.526. The third-order valence-corrected chi connectivity index (χ3v) is 11.1. The number of ketones is 1. The number of rotatable bonds is 14. The van der Waals surface area contributed by atoms with Crippen molar-refractivity contribution in [3.05, 3.63) is 68.8 Å². The molecule has 3 aromatic heterocycles. The molecule has 56 heavy (non-hydrogen) atoms. The van der Waals surface area contributed by atoms with Gasteiger partial charge in [0, 0.05) is 90.2 Å². The zero-order valence-corrected chi connectivity index (χ0v) is 35.5. The van der Waals surface area contributed by atoms with Crippen LogP contribution in [0.4, 0.5) is 0 Å². The first kappa shape index (κ1) is 44.5. The number of hydrogen-bond acceptors (Lipinski definition) is 9. The van der Waals surface area contributed by atoms with Crippen LogP contribution in [0.5, 0.6) is 0 Å². The fraction of sp³-hybridized carbons (Fsp3) is 0.524. The summed E-state index contributed by atoms with van der Waals surface area (Å²) in [6.45, 7) is 12.9. The molecular formula is C42H55N7O6Pd. The number of hydrogen-bond donors (Lipinski definition) is 3. The summed E-state index contributed by atoms with van der Waals surface area (Å²) in [6.07, 6.45) is 1.58. The van der Waals surface area contributed by atoms with Crippen molar-refractivity contribution in [2.45, 2.75) is 97.3 Å². The van der Waals surface area contributed by atoms with Crippen molar-refractivity contribution in [3.8, 4) is 0 Å². The number of aliphatic hydroxyl groups is 1. The number of carbonyl (C=O) groups is 4. The quantitative estimate of drug-likeness (QED) is 0.0873. The number of nitrogens with one attached hydrogen (secondary N) is 2. The van der Waals surface area contributed by atoms with Gasteiger partial charge >= 0.3 is 26.4 Å². The van der Waals surface area contributed by atoms with Crippen LogP contribution in [-0.4, -0.2) is 91.0 Å². The Kier molecular flexibility index (Phi) is 15.3. The van der Waals surface area contributed by atoms with Crippen LogP contribution in [0, 0.1) is 13.8 Å². The van der Waals surface area contributed by atoms with Crippen molar-refractivity contribution in [3.63, 3.8) is 0 Å². The Labute approximate surface area is 342 Å². The number of ether oxygens (including phenoxy) is 1. The molecule has 0 spiro atoms. The molecule has 2 amide bonds. The summed E-state index contributed by atoms with van der Waals surface area (Å²) in [5.74, 6) is -1.64. The van der Waals surface area contributed by atoms with E-state index >= 15 is 0 Å². The molecule has 0 aromatic carbocycles. The fourth-order valence-corrected chi connectivity index (χ4v) is 7.85. The monoisotopic (exact) mass is 859 g/mol. The first-order chi connectivity index (χ1) is 26.2. The van der Waals surface area contributed by atoms with E-state index in [1.807, 2.05) is 58.0 Å². The van der Waals surface area contributed by atoms with Crippen molar-refractivity contribution in [1.82, 2.24) is 35.5 Å². The molecule has 4 atom stereocenters. The second kappa shape index (κ2) is 19.3. The summed E-state index contributed by atoms with van der Waals surface area (Å²) < 4.78 is 5.21. The standard InChI is InChI=1S/C42H57N7O6.Pd/c1-10-27-22(2)30-21-35-38(26(6)51)24(4)32(46-35)19-31-23(3)28(12-13-36(52)43-14-11-17-50)40(47-31)29(18-37(53)55-9)41-39(42(54)44-15-16-49(7)8)25(5)33(48-41)20-34(27)45-30;/h19-23,27-28,50H,10-18H2,1-9H3,(H4,43,44,45,46,47,48,51,52,54);/q;+2/p-2/t22-,23+,27-,28+;/m1./s1. The van der Waals surface area contributed by atoms with E-state index in [-0.39, 0.29) is 81.1 Å². The molecule has 13 nitrogen and oxygen atoms in total. The van der Waals surface area contributed by atoms with Gasteiger partial charge in [0.05, 0.1) is 13.5 Å². The minimum Gasteiger partial charge on any atom is -0.657 e. The first-order valence-electron chi connectivity index (χ1n) is 19.2. The van der Waals surface area contributed by atoms with Crippen LogP contribution in [0.15, 0.2) is 18.2 Å². The number of fused-ring (bicyclic) bond motifs is 8. The molecule has 8 bridgehead atoms. The van der Waals surface area contributed by atoms with E-state index in [0.29, 0.717) is 88.2 Å². The third kappa shape index (κ3) is 9.48. The number of aryl methyl sites for hydroxylation is 2. The number of nitrogens with zero attached hydrogens (tertiary/aromatic N) is 5. The Morgan fingerprint density at radius 1 is 0.875 bits per heavy atom. The SMILES string of the molecule is CC[C@H]1c2cc3[n-]c(c(CC(=O)OC)c4nc(cc5[n-]c(cc(n2)[C@@H]1C)c(C(C)=O)c5C)[C@@H](C)[C@@H]4CCC(=O)NCCCO)c(C(=O)NCCN(C)C)c3C.[Pd+2]. The van der Waals surface area contributed by atoms with E-state index in [1.165, 1.54) is 7.11 Å². The number of aliphatic hydroxyl groups excluding tert-OH is 1. The molecule has 0 fully saturated rings. The summed E-state index contributed by atoms with van der Waals surface area (Å²) >= 11 is 0. The van der Waals surface area contributed by atoms with Crippen molar-refractivity contribution in [2.24, 2.45) is 0 Å². The fourth-order valence-electron chi connectivity index (χ4n) is 7.85. The molecule has 0 saturated carbocycles. The van der Waals surface area contributed by atoms with Gasteiger partial charge in [-0.25, -0.2) is 0 Å². The van der Waals surface area contributed by atoms with Gasteiger partial charge < -0.3 is 35.3 Å². The van der Waals surface area contributed by atoms with Gasteiger partial charge in [0.15, 0.2) is 5.78 Å². The smallest absolute Gasteiger partial charge is 0.657 e. The van der Waals surface area contributed by atoms with Crippen LogP contribution in [0.25, 0.3) is 22.1 Å². The molecule has 5 rings (SSSR count). The van der Waals surface area contributed by atoms with Crippen LogP contribution < -0.4 is 20.6 Å². The Hall–Kier alpha value is -4.22. The Morgan fingerprint density at radius 3 is 2.14 bits per heavy atom. The average molecular weight is 860 g/mol. The van der Waals surface area contributed by atoms with Gasteiger partial charge in [-0.05, 0) is 59.7 Å². The Bertz CT molecular complexity index is 2120. The maximum atomic E-state index is 14.2. The van der Waals surface area contributed by atoms with Gasteiger partial charge in [0.25, 0.3) is 0 Å². The molecule has 14 heteroatoms. The maximum Gasteiger partial charge on any atom is 2.00 e. The average Bonchev–Trinajstić information content (AvgIpc) is 3.82. The molecular weight excluding hydrogens is 805 g/mol. The number of methoxy groups -OCH3 is 1. The summed E-state index contributed by atoms with van der Waals surface area (Å²) in [6, 6.07) is 5.73. The maximum absolute atomic E-state index is 14.2. The van der Waals surface area contributed by atoms with E-state index in [0.717, 1.165) is 23.4 Å². The summed E-state index contributed by atoms with van der Waals surface area (Å²) in [5, 5.41) is 15.1. The summed E-state index contributed by atoms with van der Waals surface area (Å²) in [4.78, 5) is 76.0. The van der Waals surface area contributed by atoms with Crippen LogP contribution in [0.2, 0.25) is 0 Å². The molecule has 0 radical (unpaired) electrons. The number of Topliss-reactive ketones (excluding diaryl/α,β-unsaturated/α-hetero) is 1. The van der Waals surface area contributed by atoms with Crippen LogP contribution in [0.3, 0.4) is 0 Å². The minimum absolute atomic E-state index is 0.